The molecule has 0 aromatic carbocycles. The Morgan fingerprint density at radius 1 is 1.02 bits per heavy atom. The zero-order valence-corrected chi connectivity index (χ0v) is 24.6. The molecule has 4 rings (SSSR count). The van der Waals surface area contributed by atoms with Crippen molar-refractivity contribution < 1.29 is 32.3 Å². The lowest BCUT2D eigenvalue weighted by atomic mass is 10.0. The minimum atomic E-state index is -4.02. The number of amides is 4. The standard InChI is InChI=1S/C27H43N5O7S/c1-26(2,3)39-25(36)28-20-13-8-6-4-5-7-12-19-18-27(19,24(35)30-40(37,38)31-15-9-10-16-31)29-22(33)21-14-11-17-32(21)23(20)34/h7,12,19-21H,4-6,8-11,13-18H2,1-3H3,(H,28,36)(H,29,33)(H,30,35)/b12-7-/t19-,20+,21+,27-/m1/s1. The van der Waals surface area contributed by atoms with Gasteiger partial charge in [0.15, 0.2) is 0 Å². The molecule has 0 unspecified atom stereocenters. The van der Waals surface area contributed by atoms with Gasteiger partial charge in [0.2, 0.25) is 11.8 Å². The number of fused-ring (bicyclic) bond motifs is 2. The summed E-state index contributed by atoms with van der Waals surface area (Å²) in [6, 6.07) is -1.67. The summed E-state index contributed by atoms with van der Waals surface area (Å²) >= 11 is 0. The highest BCUT2D eigenvalue weighted by Crippen LogP contribution is 2.45. The number of allylic oxidation sites excluding steroid dienone is 1. The molecule has 0 aromatic rings. The number of carbonyl (C=O) groups excluding carboxylic acids is 4. The van der Waals surface area contributed by atoms with E-state index in [1.807, 2.05) is 12.2 Å². The molecule has 3 N–H and O–H groups in total. The molecule has 4 amide bonds. The molecule has 3 fully saturated rings. The van der Waals surface area contributed by atoms with Gasteiger partial charge in [0, 0.05) is 25.6 Å². The van der Waals surface area contributed by atoms with Crippen molar-refractivity contribution >= 4 is 34.0 Å². The van der Waals surface area contributed by atoms with Crippen LogP contribution in [0.3, 0.4) is 0 Å². The highest BCUT2D eigenvalue weighted by molar-refractivity contribution is 7.87. The van der Waals surface area contributed by atoms with E-state index in [9.17, 15) is 27.6 Å². The fourth-order valence-corrected chi connectivity index (χ4v) is 7.03. The average Bonchev–Trinajstić information content (AvgIpc) is 3.25. The van der Waals surface area contributed by atoms with E-state index in [0.717, 1.165) is 32.1 Å². The molecule has 0 radical (unpaired) electrons. The number of nitrogens with one attached hydrogen (secondary N) is 3. The van der Waals surface area contributed by atoms with Gasteiger partial charge in [-0.15, -0.1) is 0 Å². The van der Waals surface area contributed by atoms with Crippen LogP contribution in [0, 0.1) is 5.92 Å². The van der Waals surface area contributed by atoms with Crippen LogP contribution in [-0.4, -0.2) is 84.3 Å². The molecule has 3 heterocycles. The van der Waals surface area contributed by atoms with E-state index in [0.29, 0.717) is 45.3 Å². The molecule has 2 saturated heterocycles. The molecule has 224 valence electrons. The number of carbonyl (C=O) groups is 4. The molecule has 0 spiro atoms. The van der Waals surface area contributed by atoms with Gasteiger partial charge < -0.3 is 20.3 Å². The van der Waals surface area contributed by atoms with Crippen LogP contribution in [-0.2, 0) is 29.3 Å². The summed E-state index contributed by atoms with van der Waals surface area (Å²) in [6.07, 6.45) is 9.42. The van der Waals surface area contributed by atoms with Gasteiger partial charge in [-0.3, -0.25) is 14.4 Å². The predicted octanol–water partition coefficient (Wildman–Crippen LogP) is 1.72. The summed E-state index contributed by atoms with van der Waals surface area (Å²) in [7, 11) is -4.02. The minimum absolute atomic E-state index is 0.278. The predicted molar refractivity (Wildman–Crippen MR) is 147 cm³/mol. The van der Waals surface area contributed by atoms with Crippen molar-refractivity contribution in [3.8, 4) is 0 Å². The Morgan fingerprint density at radius 3 is 2.45 bits per heavy atom. The fourth-order valence-electron chi connectivity index (χ4n) is 5.74. The Hall–Kier alpha value is -2.67. The largest absolute Gasteiger partial charge is 0.444 e. The molecule has 12 nitrogen and oxygen atoms in total. The lowest BCUT2D eigenvalue weighted by molar-refractivity contribution is -0.141. The van der Waals surface area contributed by atoms with Crippen molar-refractivity contribution in [2.24, 2.45) is 5.92 Å². The second-order valence-corrected chi connectivity index (χ2v) is 13.9. The Labute approximate surface area is 236 Å². The number of hydrogen-bond acceptors (Lipinski definition) is 7. The Morgan fingerprint density at radius 2 is 1.75 bits per heavy atom. The summed E-state index contributed by atoms with van der Waals surface area (Å²) in [6.45, 7) is 6.27. The quantitative estimate of drug-likeness (QED) is 0.427. The summed E-state index contributed by atoms with van der Waals surface area (Å²) in [4.78, 5) is 54.6. The number of rotatable bonds is 4. The molecule has 4 atom stereocenters. The van der Waals surface area contributed by atoms with Gasteiger partial charge >= 0.3 is 16.3 Å². The SMILES string of the molecule is CC(C)(C)OC(=O)N[C@H]1CCCCC/C=C\[C@@H]2C[C@@]2(C(=O)NS(=O)(=O)N2CCCC2)NC(=O)[C@@H]2CCCN2C1=O. The first-order valence-electron chi connectivity index (χ1n) is 14.4. The van der Waals surface area contributed by atoms with E-state index in [4.69, 9.17) is 4.74 Å². The number of ether oxygens (including phenoxy) is 1. The Balaban J connectivity index is 1.54. The van der Waals surface area contributed by atoms with Crippen molar-refractivity contribution in [3.63, 3.8) is 0 Å². The fraction of sp³-hybridized carbons (Fsp3) is 0.778. The third-order valence-electron chi connectivity index (χ3n) is 7.95. The van der Waals surface area contributed by atoms with Gasteiger partial charge in [-0.2, -0.15) is 12.7 Å². The van der Waals surface area contributed by atoms with E-state index in [1.165, 1.54) is 9.21 Å². The van der Waals surface area contributed by atoms with Crippen LogP contribution in [0.5, 0.6) is 0 Å². The van der Waals surface area contributed by atoms with Crippen LogP contribution in [0.15, 0.2) is 12.2 Å². The highest BCUT2D eigenvalue weighted by Gasteiger charge is 2.61. The summed E-state index contributed by atoms with van der Waals surface area (Å²) in [5.41, 5.74) is -2.13. The lowest BCUT2D eigenvalue weighted by Crippen LogP contribution is -2.59. The van der Waals surface area contributed by atoms with Gasteiger partial charge in [-0.05, 0) is 72.1 Å². The number of alkyl carbamates (subject to hydrolysis) is 1. The molecule has 0 bridgehead atoms. The first-order valence-corrected chi connectivity index (χ1v) is 15.9. The van der Waals surface area contributed by atoms with Crippen LogP contribution in [0.4, 0.5) is 4.79 Å². The van der Waals surface area contributed by atoms with Crippen molar-refractivity contribution in [1.29, 1.82) is 0 Å². The maximum absolute atomic E-state index is 13.7. The summed E-state index contributed by atoms with van der Waals surface area (Å²) in [5, 5.41) is 5.54. The number of hydrogen-bond donors (Lipinski definition) is 3. The third kappa shape index (κ3) is 7.15. The van der Waals surface area contributed by atoms with Crippen LogP contribution < -0.4 is 15.4 Å². The summed E-state index contributed by atoms with van der Waals surface area (Å²) in [5.74, 6) is -1.96. The molecule has 1 saturated carbocycles. The Bertz CT molecular complexity index is 1130. The smallest absolute Gasteiger partial charge is 0.408 e. The molecule has 3 aliphatic heterocycles. The molecular formula is C27H43N5O7S. The van der Waals surface area contributed by atoms with Crippen molar-refractivity contribution in [2.45, 2.75) is 108 Å². The van der Waals surface area contributed by atoms with Crippen LogP contribution >= 0.6 is 0 Å². The van der Waals surface area contributed by atoms with Gasteiger partial charge in [-0.1, -0.05) is 25.0 Å². The van der Waals surface area contributed by atoms with E-state index in [2.05, 4.69) is 15.4 Å². The van der Waals surface area contributed by atoms with E-state index >= 15 is 0 Å². The van der Waals surface area contributed by atoms with Crippen molar-refractivity contribution in [3.05, 3.63) is 12.2 Å². The molecule has 1 aliphatic carbocycles. The monoisotopic (exact) mass is 581 g/mol. The van der Waals surface area contributed by atoms with Crippen LogP contribution in [0.25, 0.3) is 0 Å². The van der Waals surface area contributed by atoms with Crippen LogP contribution in [0.1, 0.15) is 85.0 Å². The first kappa shape index (κ1) is 30.3. The van der Waals surface area contributed by atoms with Gasteiger partial charge in [0.1, 0.15) is 23.2 Å². The lowest BCUT2D eigenvalue weighted by Gasteiger charge is -2.30. The second-order valence-electron chi connectivity index (χ2n) is 12.3. The first-order chi connectivity index (χ1) is 18.8. The number of nitrogens with zero attached hydrogens (tertiary/aromatic N) is 2. The molecule has 4 aliphatic rings. The molecule has 13 heteroatoms. The maximum Gasteiger partial charge on any atom is 0.408 e. The molecule has 40 heavy (non-hydrogen) atoms. The van der Waals surface area contributed by atoms with Gasteiger partial charge in [-0.25, -0.2) is 9.52 Å². The zero-order chi connectivity index (χ0) is 29.1. The topological polar surface area (TPSA) is 154 Å². The van der Waals surface area contributed by atoms with Crippen molar-refractivity contribution in [1.82, 2.24) is 24.6 Å². The molecule has 0 aromatic heterocycles. The second kappa shape index (κ2) is 12.1. The van der Waals surface area contributed by atoms with E-state index in [1.54, 1.807) is 20.8 Å². The zero-order valence-electron chi connectivity index (χ0n) is 23.7. The van der Waals surface area contributed by atoms with Gasteiger partial charge in [0.05, 0.1) is 0 Å². The van der Waals surface area contributed by atoms with Gasteiger partial charge in [0.25, 0.3) is 5.91 Å². The van der Waals surface area contributed by atoms with Crippen molar-refractivity contribution in [2.75, 3.05) is 19.6 Å². The normalized spacial score (nSPS) is 31.2. The average molecular weight is 582 g/mol. The maximum atomic E-state index is 13.7. The molecular weight excluding hydrogens is 538 g/mol. The third-order valence-corrected chi connectivity index (χ3v) is 9.44. The Kier molecular flexibility index (Phi) is 9.13. The van der Waals surface area contributed by atoms with E-state index in [-0.39, 0.29) is 18.2 Å². The minimum Gasteiger partial charge on any atom is -0.444 e. The summed E-state index contributed by atoms with van der Waals surface area (Å²) < 4.78 is 34.5. The highest BCUT2D eigenvalue weighted by atomic mass is 32.2. The van der Waals surface area contributed by atoms with Crippen LogP contribution in [0.2, 0.25) is 0 Å². The van der Waals surface area contributed by atoms with E-state index < -0.39 is 51.3 Å².